The third-order valence-electron chi connectivity index (χ3n) is 6.66. The number of nitrogens with zero attached hydrogens (tertiary/aromatic N) is 5. The van der Waals surface area contributed by atoms with Gasteiger partial charge in [-0.2, -0.15) is 26.3 Å². The summed E-state index contributed by atoms with van der Waals surface area (Å²) in [6, 6.07) is -3.76. The summed E-state index contributed by atoms with van der Waals surface area (Å²) in [6.07, 6.45) is -5.94. The zero-order chi connectivity index (χ0) is 29.9. The van der Waals surface area contributed by atoms with E-state index in [0.717, 1.165) is 12.3 Å². The lowest BCUT2D eigenvalue weighted by molar-refractivity contribution is -0.179. The Morgan fingerprint density at radius 1 is 1.22 bits per heavy atom. The zero-order valence-electron chi connectivity index (χ0n) is 22.3. The van der Waals surface area contributed by atoms with Gasteiger partial charge in [-0.05, 0) is 25.8 Å². The van der Waals surface area contributed by atoms with Gasteiger partial charge in [0.2, 0.25) is 0 Å². The van der Waals surface area contributed by atoms with E-state index >= 15 is 0 Å². The van der Waals surface area contributed by atoms with E-state index in [4.69, 9.17) is 14.2 Å². The molecule has 3 aromatic rings. The number of hydrogen-bond donors (Lipinski definition) is 1. The van der Waals surface area contributed by atoms with Gasteiger partial charge in [0.05, 0.1) is 44.0 Å². The molecule has 10 nitrogen and oxygen atoms in total. The summed E-state index contributed by atoms with van der Waals surface area (Å²) in [4.78, 5) is 26.1. The Hall–Kier alpha value is -3.82. The molecule has 0 aliphatic carbocycles. The van der Waals surface area contributed by atoms with Crippen molar-refractivity contribution in [2.75, 3.05) is 27.4 Å². The summed E-state index contributed by atoms with van der Waals surface area (Å²) in [5.74, 6) is 0.212. The summed E-state index contributed by atoms with van der Waals surface area (Å²) >= 11 is 0. The van der Waals surface area contributed by atoms with Crippen molar-refractivity contribution < 1.29 is 45.3 Å². The monoisotopic (exact) mass is 590 g/mol. The number of carbonyl (C=O) groups is 1. The average molecular weight is 591 g/mol. The minimum Gasteiger partial charge on any atom is -0.494 e. The van der Waals surface area contributed by atoms with Crippen LogP contribution in [0.3, 0.4) is 0 Å². The molecule has 3 unspecified atom stereocenters. The number of aromatic nitrogens is 4. The Labute approximate surface area is 230 Å². The Morgan fingerprint density at radius 2 is 1.95 bits per heavy atom. The van der Waals surface area contributed by atoms with Gasteiger partial charge in [0.1, 0.15) is 5.75 Å². The van der Waals surface area contributed by atoms with Crippen molar-refractivity contribution in [3.05, 3.63) is 36.5 Å². The molecule has 1 N–H and O–H groups in total. The number of nitrogens with one attached hydrogen (secondary N) is 1. The number of amides is 2. The van der Waals surface area contributed by atoms with Crippen LogP contribution in [0.25, 0.3) is 16.9 Å². The number of urea groups is 1. The highest BCUT2D eigenvalue weighted by molar-refractivity contribution is 5.76. The van der Waals surface area contributed by atoms with E-state index in [-0.39, 0.29) is 29.5 Å². The van der Waals surface area contributed by atoms with Crippen molar-refractivity contribution in [1.29, 1.82) is 0 Å². The molecule has 41 heavy (non-hydrogen) atoms. The number of hydrogen-bond acceptors (Lipinski definition) is 7. The topological polar surface area (TPSA) is 103 Å². The standard InChI is InChI=1S/C25H28F6N6O4/c1-4-37(23(38)35-15(18-6-10-41-18)5-7-24(26,27)28)20(25(29,30)31)16-11-14(19(39-2)12-33-16)17-13-36-9-8-32-21(36)22(34-17)40-3/h8-9,11-13,15,18,20H,4-7,10H2,1-3H3,(H,35,38). The molecule has 3 atom stereocenters. The predicted octanol–water partition coefficient (Wildman–Crippen LogP) is 4.94. The zero-order valence-corrected chi connectivity index (χ0v) is 22.3. The summed E-state index contributed by atoms with van der Waals surface area (Å²) in [7, 11) is 2.67. The molecule has 1 fully saturated rings. The molecule has 0 spiro atoms. The molecule has 0 aromatic carbocycles. The minimum absolute atomic E-state index is 0.102. The smallest absolute Gasteiger partial charge is 0.414 e. The van der Waals surface area contributed by atoms with Crippen molar-refractivity contribution >= 4 is 11.7 Å². The highest BCUT2D eigenvalue weighted by Gasteiger charge is 2.48. The SMILES string of the molecule is CCN(C(=O)NC(CCC(F)(F)F)C1CCO1)C(c1cc(-c2cn3ccnc3c(OC)n2)c(OC)cn1)C(F)(F)F. The number of fused-ring (bicyclic) bond motifs is 1. The molecule has 1 aliphatic heterocycles. The molecule has 224 valence electrons. The normalized spacial score (nSPS) is 17.0. The highest BCUT2D eigenvalue weighted by atomic mass is 19.4. The van der Waals surface area contributed by atoms with Crippen LogP contribution in [0.5, 0.6) is 11.6 Å². The number of alkyl halides is 6. The van der Waals surface area contributed by atoms with Crippen LogP contribution in [-0.4, -0.2) is 82.2 Å². The number of halogens is 6. The van der Waals surface area contributed by atoms with Crippen LogP contribution in [0.2, 0.25) is 0 Å². The van der Waals surface area contributed by atoms with Crippen molar-refractivity contribution in [1.82, 2.24) is 29.6 Å². The molecule has 3 aromatic heterocycles. The lowest BCUT2D eigenvalue weighted by Crippen LogP contribution is -2.55. The largest absolute Gasteiger partial charge is 0.494 e. The van der Waals surface area contributed by atoms with Gasteiger partial charge in [0.15, 0.2) is 11.7 Å². The Balaban J connectivity index is 1.70. The highest BCUT2D eigenvalue weighted by Crippen LogP contribution is 2.40. The Bertz CT molecular complexity index is 1360. The van der Waals surface area contributed by atoms with E-state index in [2.05, 4.69) is 20.3 Å². The second-order valence-electron chi connectivity index (χ2n) is 9.24. The van der Waals surface area contributed by atoms with E-state index in [9.17, 15) is 31.1 Å². The van der Waals surface area contributed by atoms with E-state index < -0.39 is 61.7 Å². The third-order valence-corrected chi connectivity index (χ3v) is 6.66. The minimum atomic E-state index is -5.00. The molecule has 1 aliphatic rings. The van der Waals surface area contributed by atoms with E-state index in [1.165, 1.54) is 33.5 Å². The van der Waals surface area contributed by atoms with Crippen molar-refractivity contribution in [3.8, 4) is 22.9 Å². The maximum absolute atomic E-state index is 14.6. The summed E-state index contributed by atoms with van der Waals surface area (Å²) in [6.45, 7) is 1.18. The molecule has 4 rings (SSSR count). The fourth-order valence-corrected chi connectivity index (χ4v) is 4.57. The number of ether oxygens (including phenoxy) is 3. The first-order valence-corrected chi connectivity index (χ1v) is 12.6. The lowest BCUT2D eigenvalue weighted by atomic mass is 9.99. The number of carbonyl (C=O) groups excluding carboxylic acids is 1. The van der Waals surface area contributed by atoms with Gasteiger partial charge in [0.25, 0.3) is 5.88 Å². The molecule has 1 saturated heterocycles. The van der Waals surface area contributed by atoms with E-state index in [0.29, 0.717) is 17.0 Å². The van der Waals surface area contributed by atoms with Crippen LogP contribution >= 0.6 is 0 Å². The van der Waals surface area contributed by atoms with Crippen molar-refractivity contribution in [2.24, 2.45) is 0 Å². The maximum atomic E-state index is 14.6. The molecule has 0 saturated carbocycles. The Kier molecular flexibility index (Phi) is 8.80. The van der Waals surface area contributed by atoms with Crippen molar-refractivity contribution in [3.63, 3.8) is 0 Å². The van der Waals surface area contributed by atoms with Crippen LogP contribution in [0.1, 0.15) is 37.9 Å². The van der Waals surface area contributed by atoms with Gasteiger partial charge in [-0.3, -0.25) is 4.98 Å². The molecular weight excluding hydrogens is 562 g/mol. The maximum Gasteiger partial charge on any atom is 0.414 e. The molecule has 4 heterocycles. The van der Waals surface area contributed by atoms with Crippen LogP contribution in [0, 0.1) is 0 Å². The number of rotatable bonds is 10. The van der Waals surface area contributed by atoms with E-state index in [1.54, 1.807) is 10.6 Å². The van der Waals surface area contributed by atoms with Gasteiger partial charge in [-0.15, -0.1) is 0 Å². The van der Waals surface area contributed by atoms with Crippen LogP contribution in [0.15, 0.2) is 30.9 Å². The first-order chi connectivity index (χ1) is 19.4. The number of pyridine rings is 1. The first-order valence-electron chi connectivity index (χ1n) is 12.6. The van der Waals surface area contributed by atoms with E-state index in [1.807, 2.05) is 0 Å². The lowest BCUT2D eigenvalue weighted by Gasteiger charge is -2.38. The quantitative estimate of drug-likeness (QED) is 0.334. The van der Waals surface area contributed by atoms with Crippen molar-refractivity contribution in [2.45, 2.75) is 56.7 Å². The number of imidazole rings is 1. The third kappa shape index (κ3) is 6.74. The van der Waals surface area contributed by atoms with Gasteiger partial charge < -0.3 is 28.8 Å². The predicted molar refractivity (Wildman–Crippen MR) is 132 cm³/mol. The first kappa shape index (κ1) is 30.1. The summed E-state index contributed by atoms with van der Waals surface area (Å²) in [5.41, 5.74) is 0.129. The van der Waals surface area contributed by atoms with Gasteiger partial charge in [-0.1, -0.05) is 0 Å². The van der Waals surface area contributed by atoms with Gasteiger partial charge in [0, 0.05) is 43.7 Å². The van der Waals surface area contributed by atoms with Crippen LogP contribution < -0.4 is 14.8 Å². The second-order valence-corrected chi connectivity index (χ2v) is 9.24. The summed E-state index contributed by atoms with van der Waals surface area (Å²) in [5, 5.41) is 2.34. The molecule has 0 radical (unpaired) electrons. The molecule has 2 amide bonds. The number of methoxy groups -OCH3 is 2. The average Bonchev–Trinajstić information content (AvgIpc) is 3.36. The van der Waals surface area contributed by atoms with Gasteiger partial charge >= 0.3 is 18.4 Å². The second kappa shape index (κ2) is 12.0. The van der Waals surface area contributed by atoms with Crippen LogP contribution in [-0.2, 0) is 4.74 Å². The fraction of sp³-hybridized carbons (Fsp3) is 0.520. The Morgan fingerprint density at radius 3 is 2.51 bits per heavy atom. The summed E-state index contributed by atoms with van der Waals surface area (Å²) < 4.78 is 99.7. The fourth-order valence-electron chi connectivity index (χ4n) is 4.57. The molecule has 0 bridgehead atoms. The molecule has 16 heteroatoms. The van der Waals surface area contributed by atoms with Crippen LogP contribution in [0.4, 0.5) is 31.1 Å². The molecular formula is C25H28F6N6O4. The van der Waals surface area contributed by atoms with Gasteiger partial charge in [-0.25, -0.2) is 14.8 Å².